The molecule has 0 saturated heterocycles. The molecule has 0 bridgehead atoms. The van der Waals surface area contributed by atoms with Gasteiger partial charge in [-0.05, 0) is 36.5 Å². The summed E-state index contributed by atoms with van der Waals surface area (Å²) < 4.78 is 0. The van der Waals surface area contributed by atoms with Crippen LogP contribution in [0.3, 0.4) is 0 Å². The van der Waals surface area contributed by atoms with Gasteiger partial charge in [-0.1, -0.05) is 24.6 Å². The molecule has 2 nitrogen and oxygen atoms in total. The number of rotatable bonds is 5. The smallest absolute Gasteiger partial charge is 0.0844 e. The molecule has 0 aliphatic heterocycles. The second-order valence-electron chi connectivity index (χ2n) is 3.80. The molecule has 0 fully saturated rings. The molecule has 2 aromatic rings. The van der Waals surface area contributed by atoms with Gasteiger partial charge in [-0.3, -0.25) is 4.98 Å². The number of pyridine rings is 1. The molecule has 17 heavy (non-hydrogen) atoms. The molecule has 0 spiro atoms. The predicted molar refractivity (Wildman–Crippen MR) is 73.7 cm³/mol. The first-order chi connectivity index (χ1) is 8.31. The highest BCUT2D eigenvalue weighted by Crippen LogP contribution is 2.25. The molecule has 2 aromatic heterocycles. The van der Waals surface area contributed by atoms with Crippen molar-refractivity contribution in [3.63, 3.8) is 0 Å². The molecule has 0 radical (unpaired) electrons. The van der Waals surface area contributed by atoms with Crippen LogP contribution in [0.25, 0.3) is 0 Å². The molecule has 0 aliphatic rings. The van der Waals surface area contributed by atoms with Crippen molar-refractivity contribution in [3.8, 4) is 0 Å². The summed E-state index contributed by atoms with van der Waals surface area (Å²) in [5.41, 5.74) is 1.02. The topological polar surface area (TPSA) is 24.9 Å². The van der Waals surface area contributed by atoms with Crippen molar-refractivity contribution in [2.45, 2.75) is 19.4 Å². The van der Waals surface area contributed by atoms with Crippen molar-refractivity contribution in [2.75, 3.05) is 6.54 Å². The van der Waals surface area contributed by atoms with E-state index in [0.29, 0.717) is 5.02 Å². The zero-order valence-corrected chi connectivity index (χ0v) is 11.3. The van der Waals surface area contributed by atoms with Crippen molar-refractivity contribution in [1.82, 2.24) is 10.3 Å². The molecule has 0 amide bonds. The standard InChI is InChI=1S/C13H15ClN2S/c1-2-7-15-13(12-4-3-8-17-12)11-6-5-10(14)9-16-11/h3-6,8-9,13,15H,2,7H2,1H3. The monoisotopic (exact) mass is 266 g/mol. The third-order valence-electron chi connectivity index (χ3n) is 2.47. The largest absolute Gasteiger partial charge is 0.304 e. The molecular weight excluding hydrogens is 252 g/mol. The minimum absolute atomic E-state index is 0.173. The van der Waals surface area contributed by atoms with E-state index < -0.39 is 0 Å². The van der Waals surface area contributed by atoms with E-state index in [2.05, 4.69) is 34.7 Å². The van der Waals surface area contributed by atoms with E-state index in [1.807, 2.05) is 12.1 Å². The highest BCUT2D eigenvalue weighted by atomic mass is 35.5. The third-order valence-corrected chi connectivity index (χ3v) is 3.63. The molecule has 1 unspecified atom stereocenters. The Morgan fingerprint density at radius 3 is 2.88 bits per heavy atom. The number of hydrogen-bond acceptors (Lipinski definition) is 3. The Balaban J connectivity index is 2.23. The van der Waals surface area contributed by atoms with Crippen LogP contribution in [0.1, 0.15) is 30.0 Å². The molecule has 4 heteroatoms. The first-order valence-corrected chi connectivity index (χ1v) is 6.95. The van der Waals surface area contributed by atoms with Gasteiger partial charge in [0.05, 0.1) is 16.8 Å². The van der Waals surface area contributed by atoms with Gasteiger partial charge in [-0.25, -0.2) is 0 Å². The fourth-order valence-electron chi connectivity index (χ4n) is 1.65. The summed E-state index contributed by atoms with van der Waals surface area (Å²) in [5, 5.41) is 6.28. The van der Waals surface area contributed by atoms with Crippen LogP contribution in [0.2, 0.25) is 5.02 Å². The quantitative estimate of drug-likeness (QED) is 0.888. The third kappa shape index (κ3) is 3.28. The summed E-state index contributed by atoms with van der Waals surface area (Å²) in [6, 6.07) is 8.24. The Labute approximate surface area is 111 Å². The lowest BCUT2D eigenvalue weighted by Gasteiger charge is -2.16. The summed E-state index contributed by atoms with van der Waals surface area (Å²) in [4.78, 5) is 5.69. The average Bonchev–Trinajstić information content (AvgIpc) is 2.85. The van der Waals surface area contributed by atoms with E-state index in [9.17, 15) is 0 Å². The minimum Gasteiger partial charge on any atom is -0.304 e. The SMILES string of the molecule is CCCNC(c1ccc(Cl)cn1)c1cccs1. The first kappa shape index (κ1) is 12.6. The maximum atomic E-state index is 5.87. The number of nitrogens with zero attached hydrogens (tertiary/aromatic N) is 1. The Kier molecular flexibility index (Phi) is 4.54. The van der Waals surface area contributed by atoms with E-state index >= 15 is 0 Å². The molecule has 0 aromatic carbocycles. The summed E-state index contributed by atoms with van der Waals surface area (Å²) in [5.74, 6) is 0. The van der Waals surface area contributed by atoms with Crippen molar-refractivity contribution in [1.29, 1.82) is 0 Å². The number of thiophene rings is 1. The van der Waals surface area contributed by atoms with Crippen LogP contribution in [0.15, 0.2) is 35.8 Å². The highest BCUT2D eigenvalue weighted by Gasteiger charge is 2.15. The van der Waals surface area contributed by atoms with Gasteiger partial charge in [0.1, 0.15) is 0 Å². The maximum Gasteiger partial charge on any atom is 0.0844 e. The van der Waals surface area contributed by atoms with E-state index in [1.54, 1.807) is 17.5 Å². The van der Waals surface area contributed by atoms with Crippen molar-refractivity contribution in [2.24, 2.45) is 0 Å². The van der Waals surface area contributed by atoms with Gasteiger partial charge in [0.15, 0.2) is 0 Å². The van der Waals surface area contributed by atoms with Gasteiger partial charge in [0.2, 0.25) is 0 Å². The number of nitrogens with one attached hydrogen (secondary N) is 1. The molecular formula is C13H15ClN2S. The molecule has 2 rings (SSSR count). The maximum absolute atomic E-state index is 5.87. The molecule has 0 aliphatic carbocycles. The average molecular weight is 267 g/mol. The Hall–Kier alpha value is -0.900. The van der Waals surface area contributed by atoms with E-state index in [1.165, 1.54) is 4.88 Å². The van der Waals surface area contributed by atoms with E-state index in [0.717, 1.165) is 18.7 Å². The van der Waals surface area contributed by atoms with Gasteiger partial charge in [0.25, 0.3) is 0 Å². The first-order valence-electron chi connectivity index (χ1n) is 5.69. The number of halogens is 1. The van der Waals surface area contributed by atoms with E-state index in [4.69, 9.17) is 11.6 Å². The Morgan fingerprint density at radius 2 is 2.29 bits per heavy atom. The minimum atomic E-state index is 0.173. The van der Waals surface area contributed by atoms with Crippen LogP contribution in [0.4, 0.5) is 0 Å². The number of hydrogen-bond donors (Lipinski definition) is 1. The zero-order chi connectivity index (χ0) is 12.1. The molecule has 90 valence electrons. The van der Waals surface area contributed by atoms with Crippen molar-refractivity contribution < 1.29 is 0 Å². The van der Waals surface area contributed by atoms with Gasteiger partial charge in [0, 0.05) is 11.1 Å². The van der Waals surface area contributed by atoms with Gasteiger partial charge in [-0.2, -0.15) is 0 Å². The predicted octanol–water partition coefficient (Wildman–Crippen LogP) is 3.89. The summed E-state index contributed by atoms with van der Waals surface area (Å²) in [7, 11) is 0. The van der Waals surface area contributed by atoms with E-state index in [-0.39, 0.29) is 6.04 Å². The zero-order valence-electron chi connectivity index (χ0n) is 9.69. The lowest BCUT2D eigenvalue weighted by molar-refractivity contribution is 0.594. The lowest BCUT2D eigenvalue weighted by Crippen LogP contribution is -2.23. The summed E-state index contributed by atoms with van der Waals surface area (Å²) in [6.45, 7) is 3.14. The fraction of sp³-hybridized carbons (Fsp3) is 0.308. The summed E-state index contributed by atoms with van der Waals surface area (Å²) >= 11 is 7.61. The normalized spacial score (nSPS) is 12.6. The fourth-order valence-corrected chi connectivity index (χ4v) is 2.58. The van der Waals surface area contributed by atoms with Crippen LogP contribution >= 0.6 is 22.9 Å². The highest BCUT2D eigenvalue weighted by molar-refractivity contribution is 7.10. The van der Waals surface area contributed by atoms with Crippen LogP contribution in [0.5, 0.6) is 0 Å². The number of aromatic nitrogens is 1. The Morgan fingerprint density at radius 1 is 1.41 bits per heavy atom. The second-order valence-corrected chi connectivity index (χ2v) is 5.22. The molecule has 2 heterocycles. The molecule has 1 N–H and O–H groups in total. The van der Waals surface area contributed by atoms with Gasteiger partial charge >= 0.3 is 0 Å². The van der Waals surface area contributed by atoms with Gasteiger partial charge in [-0.15, -0.1) is 11.3 Å². The lowest BCUT2D eigenvalue weighted by atomic mass is 10.1. The Bertz CT molecular complexity index is 439. The van der Waals surface area contributed by atoms with Crippen molar-refractivity contribution >= 4 is 22.9 Å². The molecule has 0 saturated carbocycles. The summed E-state index contributed by atoms with van der Waals surface area (Å²) in [6.07, 6.45) is 2.81. The van der Waals surface area contributed by atoms with Crippen LogP contribution < -0.4 is 5.32 Å². The second kappa shape index (κ2) is 6.15. The van der Waals surface area contributed by atoms with Crippen LogP contribution in [-0.2, 0) is 0 Å². The van der Waals surface area contributed by atoms with Crippen LogP contribution in [-0.4, -0.2) is 11.5 Å². The molecule has 1 atom stereocenters. The van der Waals surface area contributed by atoms with Gasteiger partial charge < -0.3 is 5.32 Å². The van der Waals surface area contributed by atoms with Crippen LogP contribution in [0, 0.1) is 0 Å². The van der Waals surface area contributed by atoms with Crippen molar-refractivity contribution in [3.05, 3.63) is 51.4 Å².